The highest BCUT2D eigenvalue weighted by molar-refractivity contribution is 7.89. The molecule has 10 heteroatoms. The molecule has 0 heterocycles. The highest BCUT2D eigenvalue weighted by Gasteiger charge is 2.29. The molecular formula is C20H22N2O7S. The number of hydrogen-bond donors (Lipinski definition) is 3. The van der Waals surface area contributed by atoms with Gasteiger partial charge in [-0.2, -0.15) is 4.72 Å². The predicted molar refractivity (Wildman–Crippen MR) is 107 cm³/mol. The minimum absolute atomic E-state index is 0.0343. The number of methoxy groups -OCH3 is 1. The summed E-state index contributed by atoms with van der Waals surface area (Å²) in [4.78, 5) is 35.4. The molecule has 0 bridgehead atoms. The summed E-state index contributed by atoms with van der Waals surface area (Å²) in [7, 11) is -3.15. The van der Waals surface area contributed by atoms with Crippen LogP contribution < -0.4 is 10.0 Å². The number of benzene rings is 2. The van der Waals surface area contributed by atoms with Crippen molar-refractivity contribution >= 4 is 27.9 Å². The van der Waals surface area contributed by atoms with Gasteiger partial charge in [0.05, 0.1) is 23.6 Å². The first kappa shape index (κ1) is 23.0. The second-order valence-corrected chi connectivity index (χ2v) is 8.10. The second kappa shape index (κ2) is 9.99. The normalized spacial score (nSPS) is 13.1. The number of hydrogen-bond acceptors (Lipinski definition) is 6. The Morgan fingerprint density at radius 2 is 1.63 bits per heavy atom. The zero-order chi connectivity index (χ0) is 22.3. The third kappa shape index (κ3) is 5.88. The summed E-state index contributed by atoms with van der Waals surface area (Å²) in [6.45, 7) is 1.27. The SMILES string of the molecule is COC(=O)c1ccccc1S(=O)(=O)N[C@@H](C)C(=O)N[C@@H](Cc1ccccc1)C(=O)O. The second-order valence-electron chi connectivity index (χ2n) is 6.42. The van der Waals surface area contributed by atoms with Gasteiger partial charge >= 0.3 is 11.9 Å². The summed E-state index contributed by atoms with van der Waals surface area (Å²) < 4.78 is 32.1. The summed E-state index contributed by atoms with van der Waals surface area (Å²) in [5.41, 5.74) is 0.512. The molecule has 1 amide bonds. The molecular weight excluding hydrogens is 412 g/mol. The number of nitrogens with one attached hydrogen (secondary N) is 2. The van der Waals surface area contributed by atoms with Crippen molar-refractivity contribution in [1.29, 1.82) is 0 Å². The Morgan fingerprint density at radius 1 is 1.03 bits per heavy atom. The Labute approximate surface area is 174 Å². The van der Waals surface area contributed by atoms with Gasteiger partial charge in [-0.3, -0.25) is 4.79 Å². The van der Waals surface area contributed by atoms with E-state index >= 15 is 0 Å². The van der Waals surface area contributed by atoms with Crippen molar-refractivity contribution in [1.82, 2.24) is 10.0 Å². The molecule has 2 aromatic carbocycles. The van der Waals surface area contributed by atoms with E-state index in [0.29, 0.717) is 5.56 Å². The average molecular weight is 434 g/mol. The maximum Gasteiger partial charge on any atom is 0.339 e. The zero-order valence-corrected chi connectivity index (χ0v) is 17.2. The lowest BCUT2D eigenvalue weighted by Crippen LogP contribution is -2.51. The molecule has 3 N–H and O–H groups in total. The first-order valence-electron chi connectivity index (χ1n) is 8.92. The predicted octanol–water partition coefficient (Wildman–Crippen LogP) is 0.952. The van der Waals surface area contributed by atoms with Crippen LogP contribution in [0.15, 0.2) is 59.5 Å². The van der Waals surface area contributed by atoms with Crippen molar-refractivity contribution < 1.29 is 32.6 Å². The van der Waals surface area contributed by atoms with Gasteiger partial charge in [0.1, 0.15) is 6.04 Å². The molecule has 0 saturated carbocycles. The Morgan fingerprint density at radius 3 is 2.23 bits per heavy atom. The van der Waals surface area contributed by atoms with Crippen LogP contribution in [0.5, 0.6) is 0 Å². The number of aliphatic carboxylic acids is 1. The summed E-state index contributed by atoms with van der Waals surface area (Å²) >= 11 is 0. The lowest BCUT2D eigenvalue weighted by molar-refractivity contribution is -0.141. The summed E-state index contributed by atoms with van der Waals surface area (Å²) in [6.07, 6.45) is 0.0343. The molecule has 2 aromatic rings. The van der Waals surface area contributed by atoms with Crippen LogP contribution in [0, 0.1) is 0 Å². The maximum absolute atomic E-state index is 12.7. The van der Waals surface area contributed by atoms with Crippen LogP contribution in [0.2, 0.25) is 0 Å². The Kier molecular flexibility index (Phi) is 7.67. The summed E-state index contributed by atoms with van der Waals surface area (Å²) in [5.74, 6) is -2.92. The molecule has 0 aromatic heterocycles. The van der Waals surface area contributed by atoms with E-state index in [-0.39, 0.29) is 16.9 Å². The molecule has 0 unspecified atom stereocenters. The molecule has 2 rings (SSSR count). The van der Waals surface area contributed by atoms with Gasteiger partial charge in [-0.15, -0.1) is 0 Å². The van der Waals surface area contributed by atoms with E-state index in [0.717, 1.165) is 7.11 Å². The molecule has 0 aliphatic rings. The van der Waals surface area contributed by atoms with Crippen molar-refractivity contribution in [2.45, 2.75) is 30.3 Å². The number of carbonyl (C=O) groups excluding carboxylic acids is 2. The largest absolute Gasteiger partial charge is 0.480 e. The smallest absolute Gasteiger partial charge is 0.339 e. The number of carboxylic acid groups (broad SMARTS) is 1. The third-order valence-electron chi connectivity index (χ3n) is 4.20. The summed E-state index contributed by atoms with van der Waals surface area (Å²) in [6, 6.07) is 11.6. The average Bonchev–Trinajstić information content (AvgIpc) is 2.72. The number of carbonyl (C=O) groups is 3. The molecule has 0 aliphatic heterocycles. The van der Waals surface area contributed by atoms with Crippen molar-refractivity contribution in [3.63, 3.8) is 0 Å². The monoisotopic (exact) mass is 434 g/mol. The molecule has 0 fully saturated rings. The van der Waals surface area contributed by atoms with Crippen molar-refractivity contribution in [2.75, 3.05) is 7.11 Å². The fourth-order valence-electron chi connectivity index (χ4n) is 2.68. The Bertz CT molecular complexity index is 1020. The molecule has 9 nitrogen and oxygen atoms in total. The van der Waals surface area contributed by atoms with E-state index < -0.39 is 40.0 Å². The van der Waals surface area contributed by atoms with Gasteiger partial charge in [0.2, 0.25) is 15.9 Å². The summed E-state index contributed by atoms with van der Waals surface area (Å²) in [5, 5.41) is 11.7. The lowest BCUT2D eigenvalue weighted by Gasteiger charge is -2.19. The first-order chi connectivity index (χ1) is 14.2. The molecule has 0 aliphatic carbocycles. The fraction of sp³-hybridized carbons (Fsp3) is 0.250. The van der Waals surface area contributed by atoms with Crippen molar-refractivity contribution in [3.8, 4) is 0 Å². The molecule has 30 heavy (non-hydrogen) atoms. The quantitative estimate of drug-likeness (QED) is 0.500. The van der Waals surface area contributed by atoms with Crippen LogP contribution in [0.4, 0.5) is 0 Å². The van der Waals surface area contributed by atoms with Crippen molar-refractivity contribution in [2.24, 2.45) is 0 Å². The van der Waals surface area contributed by atoms with Gasteiger partial charge in [-0.05, 0) is 24.6 Å². The lowest BCUT2D eigenvalue weighted by atomic mass is 10.1. The number of carboxylic acids is 1. The van der Waals surface area contributed by atoms with E-state index in [4.69, 9.17) is 0 Å². The number of rotatable bonds is 9. The van der Waals surface area contributed by atoms with E-state index in [1.54, 1.807) is 30.3 Å². The van der Waals surface area contributed by atoms with Gasteiger partial charge in [0, 0.05) is 6.42 Å². The number of ether oxygens (including phenoxy) is 1. The van der Waals surface area contributed by atoms with Gasteiger partial charge in [0.15, 0.2) is 0 Å². The molecule has 0 spiro atoms. The van der Waals surface area contributed by atoms with E-state index in [2.05, 4.69) is 14.8 Å². The fourth-order valence-corrected chi connectivity index (χ4v) is 4.07. The van der Waals surface area contributed by atoms with Gasteiger partial charge in [0.25, 0.3) is 0 Å². The molecule has 2 atom stereocenters. The highest BCUT2D eigenvalue weighted by atomic mass is 32.2. The van der Waals surface area contributed by atoms with Crippen molar-refractivity contribution in [3.05, 3.63) is 65.7 Å². The van der Waals surface area contributed by atoms with E-state index in [9.17, 15) is 27.9 Å². The molecule has 160 valence electrons. The number of esters is 1. The van der Waals surface area contributed by atoms with Gasteiger partial charge in [-0.1, -0.05) is 42.5 Å². The molecule has 0 saturated heterocycles. The minimum atomic E-state index is -4.26. The third-order valence-corrected chi connectivity index (χ3v) is 5.80. The number of sulfonamides is 1. The minimum Gasteiger partial charge on any atom is -0.480 e. The van der Waals surface area contributed by atoms with Crippen LogP contribution in [-0.4, -0.2) is 50.6 Å². The van der Waals surface area contributed by atoms with Gasteiger partial charge < -0.3 is 15.2 Å². The Balaban J connectivity index is 2.14. The van der Waals surface area contributed by atoms with E-state index in [1.807, 2.05) is 0 Å². The topological polar surface area (TPSA) is 139 Å². The van der Waals surface area contributed by atoms with E-state index in [1.165, 1.54) is 31.2 Å². The van der Waals surface area contributed by atoms with Crippen LogP contribution in [-0.2, 0) is 30.8 Å². The van der Waals surface area contributed by atoms with Crippen LogP contribution >= 0.6 is 0 Å². The first-order valence-corrected chi connectivity index (χ1v) is 10.4. The van der Waals surface area contributed by atoms with Crippen LogP contribution in [0.25, 0.3) is 0 Å². The van der Waals surface area contributed by atoms with Crippen LogP contribution in [0.3, 0.4) is 0 Å². The standard InChI is InChI=1S/C20H22N2O7S/c1-13(18(23)21-16(19(24)25)12-14-8-4-3-5-9-14)22-30(27,28)17-11-7-6-10-15(17)20(26)29-2/h3-11,13,16,22H,12H2,1-2H3,(H,21,23)(H,24,25)/t13-,16-/m0/s1. The highest BCUT2D eigenvalue weighted by Crippen LogP contribution is 2.17. The van der Waals surface area contributed by atoms with Gasteiger partial charge in [-0.25, -0.2) is 18.0 Å². The van der Waals surface area contributed by atoms with Crippen LogP contribution in [0.1, 0.15) is 22.8 Å². The Hall–Kier alpha value is -3.24. The number of amides is 1. The molecule has 0 radical (unpaired) electrons. The zero-order valence-electron chi connectivity index (χ0n) is 16.4. The maximum atomic E-state index is 12.7.